The smallest absolute Gasteiger partial charge is 0.465 e. The highest BCUT2D eigenvalue weighted by molar-refractivity contribution is 7.25. The SMILES string of the molecule is CC1(C)OB(c2ccc(-c3cccc(CC4(C)OB(c5ccc(-c6ccccc6)o5)OC4(C)C)c3)s2)OC1(C)C. The summed E-state index contributed by atoms with van der Waals surface area (Å²) >= 11 is 1.71. The zero-order valence-corrected chi connectivity index (χ0v) is 25.1. The molecule has 0 N–H and O–H groups in total. The normalized spacial score (nSPS) is 23.2. The van der Waals surface area contributed by atoms with Gasteiger partial charge in [0.05, 0.1) is 22.4 Å². The highest BCUT2D eigenvalue weighted by atomic mass is 32.1. The minimum absolute atomic E-state index is 0.350. The zero-order valence-electron chi connectivity index (χ0n) is 24.3. The maximum atomic E-state index is 6.61. The maximum absolute atomic E-state index is 6.61. The Morgan fingerprint density at radius 3 is 2.02 bits per heavy atom. The molecule has 5 nitrogen and oxygen atoms in total. The third-order valence-corrected chi connectivity index (χ3v) is 9.98. The van der Waals surface area contributed by atoms with Crippen LogP contribution in [0, 0.1) is 0 Å². The molecule has 206 valence electrons. The van der Waals surface area contributed by atoms with Gasteiger partial charge in [0.1, 0.15) is 11.4 Å². The summed E-state index contributed by atoms with van der Waals surface area (Å²) in [7, 11) is -0.919. The van der Waals surface area contributed by atoms with E-state index < -0.39 is 18.3 Å². The summed E-state index contributed by atoms with van der Waals surface area (Å²) in [6.07, 6.45) is 0.700. The molecular weight excluding hydrogens is 518 g/mol. The van der Waals surface area contributed by atoms with Gasteiger partial charge >= 0.3 is 14.2 Å². The average Bonchev–Trinajstić information content (AvgIpc) is 3.66. The topological polar surface area (TPSA) is 50.1 Å². The second-order valence-corrected chi connectivity index (χ2v) is 13.7. The first-order valence-electron chi connectivity index (χ1n) is 13.9. The Morgan fingerprint density at radius 1 is 0.625 bits per heavy atom. The van der Waals surface area contributed by atoms with Crippen LogP contribution in [0.2, 0.25) is 0 Å². The van der Waals surface area contributed by atoms with Crippen LogP contribution < -0.4 is 10.4 Å². The largest absolute Gasteiger partial charge is 0.532 e. The Hall–Kier alpha value is -2.61. The van der Waals surface area contributed by atoms with Gasteiger partial charge in [0, 0.05) is 21.6 Å². The molecule has 0 aliphatic carbocycles. The van der Waals surface area contributed by atoms with E-state index in [-0.39, 0.29) is 18.3 Å². The van der Waals surface area contributed by atoms with Crippen LogP contribution in [0.5, 0.6) is 0 Å². The van der Waals surface area contributed by atoms with E-state index in [2.05, 4.69) is 84.9 Å². The molecule has 40 heavy (non-hydrogen) atoms. The Morgan fingerprint density at radius 2 is 1.30 bits per heavy atom. The van der Waals surface area contributed by atoms with Gasteiger partial charge < -0.3 is 23.0 Å². The van der Waals surface area contributed by atoms with E-state index in [1.807, 2.05) is 42.5 Å². The van der Waals surface area contributed by atoms with Gasteiger partial charge in [-0.05, 0) is 77.8 Å². The predicted molar refractivity (Wildman–Crippen MR) is 163 cm³/mol. The first kappa shape index (κ1) is 27.6. The van der Waals surface area contributed by atoms with Crippen LogP contribution in [-0.4, -0.2) is 36.6 Å². The molecule has 4 aromatic rings. The lowest BCUT2D eigenvalue weighted by atomic mass is 9.82. The van der Waals surface area contributed by atoms with Crippen LogP contribution in [0.15, 0.2) is 83.3 Å². The molecule has 2 saturated heterocycles. The lowest BCUT2D eigenvalue weighted by Crippen LogP contribution is -2.46. The van der Waals surface area contributed by atoms with Crippen LogP contribution in [-0.2, 0) is 25.0 Å². The van der Waals surface area contributed by atoms with Gasteiger partial charge in [-0.25, -0.2) is 0 Å². The van der Waals surface area contributed by atoms with E-state index in [0.717, 1.165) is 16.1 Å². The van der Waals surface area contributed by atoms with Crippen LogP contribution >= 0.6 is 11.3 Å². The Bertz CT molecular complexity index is 1490. The second kappa shape index (κ2) is 9.74. The van der Waals surface area contributed by atoms with Gasteiger partial charge in [0.15, 0.2) is 0 Å². The Labute approximate surface area is 242 Å². The Balaban J connectivity index is 1.19. The number of rotatable bonds is 6. The zero-order chi connectivity index (χ0) is 28.3. The van der Waals surface area contributed by atoms with Crippen molar-refractivity contribution in [2.45, 2.75) is 77.3 Å². The number of thiophene rings is 1. The predicted octanol–water partition coefficient (Wildman–Crippen LogP) is 6.50. The fourth-order valence-corrected chi connectivity index (χ4v) is 6.18. The van der Waals surface area contributed by atoms with Crippen LogP contribution in [0.4, 0.5) is 0 Å². The number of hydrogen-bond acceptors (Lipinski definition) is 6. The summed E-state index contributed by atoms with van der Waals surface area (Å²) in [4.78, 5) is 1.18. The monoisotopic (exact) mass is 554 g/mol. The van der Waals surface area contributed by atoms with Crippen molar-refractivity contribution in [1.29, 1.82) is 0 Å². The van der Waals surface area contributed by atoms with Crippen molar-refractivity contribution < 1.29 is 23.0 Å². The summed E-state index contributed by atoms with van der Waals surface area (Å²) in [5, 5.41) is 0. The van der Waals surface area contributed by atoms with Crippen molar-refractivity contribution in [1.82, 2.24) is 0 Å². The highest BCUT2D eigenvalue weighted by Gasteiger charge is 2.56. The Kier molecular flexibility index (Phi) is 6.71. The molecular formula is C32H36B2O5S. The molecule has 2 aliphatic heterocycles. The molecule has 2 aliphatic rings. The van der Waals surface area contributed by atoms with Crippen molar-refractivity contribution in [3.8, 4) is 21.8 Å². The first-order valence-corrected chi connectivity index (χ1v) is 14.7. The third kappa shape index (κ3) is 4.90. The van der Waals surface area contributed by atoms with Gasteiger partial charge in [-0.3, -0.25) is 0 Å². The maximum Gasteiger partial charge on any atom is 0.532 e. The fourth-order valence-electron chi connectivity index (χ4n) is 5.22. The van der Waals surface area contributed by atoms with Gasteiger partial charge in [-0.15, -0.1) is 11.3 Å². The molecule has 2 aromatic carbocycles. The van der Waals surface area contributed by atoms with Crippen LogP contribution in [0.3, 0.4) is 0 Å². The number of hydrogen-bond donors (Lipinski definition) is 0. The molecule has 0 saturated carbocycles. The van der Waals surface area contributed by atoms with Gasteiger partial charge in [0.25, 0.3) is 0 Å². The van der Waals surface area contributed by atoms with Crippen LogP contribution in [0.1, 0.15) is 54.0 Å². The van der Waals surface area contributed by atoms with E-state index >= 15 is 0 Å². The number of benzene rings is 2. The van der Waals surface area contributed by atoms with Crippen molar-refractivity contribution in [2.75, 3.05) is 0 Å². The van der Waals surface area contributed by atoms with Crippen molar-refractivity contribution >= 4 is 36.0 Å². The second-order valence-electron chi connectivity index (χ2n) is 12.5. The summed E-state index contributed by atoms with van der Waals surface area (Å²) in [5.74, 6) is 0.803. The molecule has 2 aromatic heterocycles. The molecule has 8 heteroatoms. The van der Waals surface area contributed by atoms with Crippen molar-refractivity contribution in [2.24, 2.45) is 0 Å². The molecule has 0 radical (unpaired) electrons. The average molecular weight is 554 g/mol. The highest BCUT2D eigenvalue weighted by Crippen LogP contribution is 2.41. The molecule has 0 amide bonds. The molecule has 2 fully saturated rings. The molecule has 1 atom stereocenters. The van der Waals surface area contributed by atoms with Crippen LogP contribution in [0.25, 0.3) is 21.8 Å². The minimum atomic E-state index is -0.569. The summed E-state index contributed by atoms with van der Waals surface area (Å²) in [6.45, 7) is 14.6. The molecule has 4 heterocycles. The lowest BCUT2D eigenvalue weighted by molar-refractivity contribution is -0.00876. The third-order valence-electron chi connectivity index (χ3n) is 8.83. The molecule has 0 bridgehead atoms. The van der Waals surface area contributed by atoms with Crippen molar-refractivity contribution in [3.63, 3.8) is 0 Å². The standard InChI is InChI=1S/C32H36B2O5S/c1-29(2)30(3,4)37-34(36-29)28-19-17-26(40-28)24-15-11-12-22(20-24)21-32(7)31(5,6)38-33(39-32)27-18-16-25(35-27)23-13-9-8-10-14-23/h8-20H,21H2,1-7H3. The minimum Gasteiger partial charge on any atom is -0.465 e. The van der Waals surface area contributed by atoms with E-state index in [1.165, 1.54) is 16.0 Å². The first-order chi connectivity index (χ1) is 18.9. The van der Waals surface area contributed by atoms with Gasteiger partial charge in [-0.1, -0.05) is 60.7 Å². The molecule has 1 unspecified atom stereocenters. The van der Waals surface area contributed by atoms with Gasteiger partial charge in [-0.2, -0.15) is 0 Å². The molecule has 0 spiro atoms. The van der Waals surface area contributed by atoms with E-state index in [4.69, 9.17) is 23.0 Å². The summed E-state index contributed by atoms with van der Waals surface area (Å²) < 4.78 is 32.8. The van der Waals surface area contributed by atoms with E-state index in [9.17, 15) is 0 Å². The van der Waals surface area contributed by atoms with E-state index in [0.29, 0.717) is 12.1 Å². The van der Waals surface area contributed by atoms with Crippen molar-refractivity contribution in [3.05, 3.63) is 84.4 Å². The summed E-state index contributed by atoms with van der Waals surface area (Å²) in [6, 6.07) is 26.9. The molecule has 6 rings (SSSR count). The number of furan rings is 1. The van der Waals surface area contributed by atoms with E-state index in [1.54, 1.807) is 11.3 Å². The van der Waals surface area contributed by atoms with Gasteiger partial charge in [0.2, 0.25) is 0 Å². The fraction of sp³-hybridized carbons (Fsp3) is 0.375. The lowest BCUT2D eigenvalue weighted by Gasteiger charge is -2.36. The summed E-state index contributed by atoms with van der Waals surface area (Å²) in [5.41, 5.74) is 2.26. The quantitative estimate of drug-likeness (QED) is 0.255.